The minimum Gasteiger partial charge on any atom is -0.504 e. The summed E-state index contributed by atoms with van der Waals surface area (Å²) in [6.07, 6.45) is 2.37. The van der Waals surface area contributed by atoms with Crippen LogP contribution in [0.3, 0.4) is 0 Å². The molecule has 0 aromatic heterocycles. The van der Waals surface area contributed by atoms with Gasteiger partial charge in [0.05, 0.1) is 15.6 Å². The molecule has 1 aliphatic rings. The Morgan fingerprint density at radius 3 is 2.73 bits per heavy atom. The molecular weight excluding hydrogens is 417 g/mol. The number of halogens is 1. The van der Waals surface area contributed by atoms with Gasteiger partial charge in [-0.15, -0.1) is 0 Å². The number of benzene rings is 1. The Bertz CT molecular complexity index is 659. The van der Waals surface area contributed by atoms with E-state index in [4.69, 9.17) is 4.74 Å². The number of nitrogens with zero attached hydrogens (tertiary/aromatic N) is 1. The SMILES string of the molecule is CC[C@@H](C)N1C(=O)S/C(=C\c2cc(I)c(O)c(OC)c2)C1=O. The van der Waals surface area contributed by atoms with Crippen LogP contribution in [-0.2, 0) is 4.79 Å². The molecule has 22 heavy (non-hydrogen) atoms. The van der Waals surface area contributed by atoms with Crippen molar-refractivity contribution < 1.29 is 19.4 Å². The summed E-state index contributed by atoms with van der Waals surface area (Å²) < 4.78 is 5.72. The summed E-state index contributed by atoms with van der Waals surface area (Å²) in [5.41, 5.74) is 0.703. The van der Waals surface area contributed by atoms with Crippen LogP contribution in [-0.4, -0.2) is 34.3 Å². The third-order valence-corrected chi connectivity index (χ3v) is 5.13. The van der Waals surface area contributed by atoms with Gasteiger partial charge in [0.25, 0.3) is 11.1 Å². The van der Waals surface area contributed by atoms with Crippen LogP contribution in [0.2, 0.25) is 0 Å². The Morgan fingerprint density at radius 1 is 1.45 bits per heavy atom. The van der Waals surface area contributed by atoms with Crippen molar-refractivity contribution in [3.63, 3.8) is 0 Å². The molecule has 0 aliphatic carbocycles. The Hall–Kier alpha value is -1.22. The van der Waals surface area contributed by atoms with E-state index in [1.54, 1.807) is 18.2 Å². The molecule has 2 amide bonds. The van der Waals surface area contributed by atoms with Crippen molar-refractivity contribution in [3.8, 4) is 11.5 Å². The minimum absolute atomic E-state index is 0.0629. The van der Waals surface area contributed by atoms with E-state index in [1.807, 2.05) is 36.4 Å². The molecule has 1 aromatic carbocycles. The number of methoxy groups -OCH3 is 1. The Balaban J connectivity index is 2.37. The number of imide groups is 1. The molecule has 0 saturated carbocycles. The third-order valence-electron chi connectivity index (χ3n) is 3.42. The van der Waals surface area contributed by atoms with Crippen LogP contribution in [0.15, 0.2) is 17.0 Å². The van der Waals surface area contributed by atoms with Gasteiger partial charge < -0.3 is 9.84 Å². The lowest BCUT2D eigenvalue weighted by atomic mass is 10.1. The van der Waals surface area contributed by atoms with E-state index in [0.717, 1.165) is 18.2 Å². The molecule has 1 heterocycles. The number of amides is 2. The summed E-state index contributed by atoms with van der Waals surface area (Å²) in [4.78, 5) is 26.0. The van der Waals surface area contributed by atoms with Crippen LogP contribution in [0, 0.1) is 3.57 Å². The summed E-state index contributed by atoms with van der Waals surface area (Å²) in [5.74, 6) is 0.124. The van der Waals surface area contributed by atoms with E-state index in [0.29, 0.717) is 19.8 Å². The fourth-order valence-electron chi connectivity index (χ4n) is 2.03. The molecule has 5 nitrogen and oxygen atoms in total. The fourth-order valence-corrected chi connectivity index (χ4v) is 3.58. The second-order valence-electron chi connectivity index (χ2n) is 4.86. The summed E-state index contributed by atoms with van der Waals surface area (Å²) in [5, 5.41) is 9.59. The number of aromatic hydroxyl groups is 1. The van der Waals surface area contributed by atoms with Crippen LogP contribution in [0.25, 0.3) is 6.08 Å². The Labute approximate surface area is 146 Å². The lowest BCUT2D eigenvalue weighted by Crippen LogP contribution is -2.36. The number of phenols is 1. The van der Waals surface area contributed by atoms with Gasteiger partial charge in [-0.05, 0) is 71.5 Å². The smallest absolute Gasteiger partial charge is 0.293 e. The molecule has 0 spiro atoms. The average molecular weight is 433 g/mol. The molecule has 1 saturated heterocycles. The number of phenolic OH excluding ortho intramolecular Hbond substituents is 1. The first-order valence-electron chi connectivity index (χ1n) is 6.72. The molecular formula is C15H16INO4S. The zero-order valence-electron chi connectivity index (χ0n) is 12.4. The van der Waals surface area contributed by atoms with E-state index in [9.17, 15) is 14.7 Å². The van der Waals surface area contributed by atoms with Crippen LogP contribution in [0.4, 0.5) is 4.79 Å². The number of ether oxygens (including phenoxy) is 1. The van der Waals surface area contributed by atoms with Crippen LogP contribution in [0.1, 0.15) is 25.8 Å². The number of rotatable bonds is 4. The van der Waals surface area contributed by atoms with Gasteiger partial charge in [-0.3, -0.25) is 14.5 Å². The van der Waals surface area contributed by atoms with Crippen LogP contribution in [0.5, 0.6) is 11.5 Å². The first kappa shape index (κ1) is 17.1. The standard InChI is InChI=1S/C15H16INO4S/c1-4-8(2)17-14(19)12(22-15(17)20)7-9-5-10(16)13(18)11(6-9)21-3/h5-8,18H,4H2,1-3H3/b12-7-/t8-/m1/s1. The molecule has 2 rings (SSSR count). The number of hydrogen-bond acceptors (Lipinski definition) is 5. The van der Waals surface area contributed by atoms with Crippen molar-refractivity contribution in [2.24, 2.45) is 0 Å². The normalized spacial score (nSPS) is 18.2. The van der Waals surface area contributed by atoms with Gasteiger partial charge in [0.15, 0.2) is 11.5 Å². The summed E-state index contributed by atoms with van der Waals surface area (Å²) in [7, 11) is 1.46. The highest BCUT2D eigenvalue weighted by molar-refractivity contribution is 14.1. The molecule has 1 aliphatic heterocycles. The van der Waals surface area contributed by atoms with Gasteiger partial charge >= 0.3 is 0 Å². The predicted octanol–water partition coefficient (Wildman–Crippen LogP) is 3.84. The maximum atomic E-state index is 12.4. The van der Waals surface area contributed by atoms with Gasteiger partial charge in [-0.1, -0.05) is 6.92 Å². The molecule has 0 unspecified atom stereocenters. The predicted molar refractivity (Wildman–Crippen MR) is 94.9 cm³/mol. The summed E-state index contributed by atoms with van der Waals surface area (Å²) in [6.45, 7) is 3.79. The van der Waals surface area contributed by atoms with Crippen molar-refractivity contribution in [2.75, 3.05) is 7.11 Å². The minimum atomic E-state index is -0.272. The van der Waals surface area contributed by atoms with E-state index < -0.39 is 0 Å². The van der Waals surface area contributed by atoms with Crippen molar-refractivity contribution in [1.29, 1.82) is 0 Å². The molecule has 0 radical (unpaired) electrons. The number of thioether (sulfide) groups is 1. The van der Waals surface area contributed by atoms with Crippen molar-refractivity contribution >= 4 is 51.6 Å². The zero-order valence-corrected chi connectivity index (χ0v) is 15.4. The summed E-state index contributed by atoms with van der Waals surface area (Å²) in [6, 6.07) is 3.25. The number of carbonyl (C=O) groups is 2. The Kier molecular flexibility index (Phi) is 5.38. The average Bonchev–Trinajstić information content (AvgIpc) is 2.76. The molecule has 1 atom stereocenters. The molecule has 7 heteroatoms. The highest BCUT2D eigenvalue weighted by Gasteiger charge is 2.37. The summed E-state index contributed by atoms with van der Waals surface area (Å²) >= 11 is 2.92. The first-order chi connectivity index (χ1) is 10.4. The van der Waals surface area contributed by atoms with E-state index in [1.165, 1.54) is 12.0 Å². The van der Waals surface area contributed by atoms with Crippen molar-refractivity contribution in [2.45, 2.75) is 26.3 Å². The first-order valence-corrected chi connectivity index (χ1v) is 8.62. The Morgan fingerprint density at radius 2 is 2.14 bits per heavy atom. The van der Waals surface area contributed by atoms with E-state index >= 15 is 0 Å². The topological polar surface area (TPSA) is 66.8 Å². The lowest BCUT2D eigenvalue weighted by Gasteiger charge is -2.19. The van der Waals surface area contributed by atoms with Gasteiger partial charge in [0.2, 0.25) is 0 Å². The highest BCUT2D eigenvalue weighted by atomic mass is 127. The molecule has 0 bridgehead atoms. The monoisotopic (exact) mass is 433 g/mol. The van der Waals surface area contributed by atoms with Gasteiger partial charge in [0, 0.05) is 6.04 Å². The van der Waals surface area contributed by atoms with E-state index in [2.05, 4.69) is 0 Å². The van der Waals surface area contributed by atoms with Crippen LogP contribution < -0.4 is 4.74 Å². The largest absolute Gasteiger partial charge is 0.504 e. The van der Waals surface area contributed by atoms with Crippen molar-refractivity contribution in [3.05, 3.63) is 26.2 Å². The number of carbonyl (C=O) groups excluding carboxylic acids is 2. The zero-order chi connectivity index (χ0) is 16.4. The molecule has 1 aromatic rings. The second kappa shape index (κ2) is 6.91. The lowest BCUT2D eigenvalue weighted by molar-refractivity contribution is -0.124. The third kappa shape index (κ3) is 3.24. The second-order valence-corrected chi connectivity index (χ2v) is 7.02. The maximum Gasteiger partial charge on any atom is 0.293 e. The quantitative estimate of drug-likeness (QED) is 0.578. The van der Waals surface area contributed by atoms with Crippen molar-refractivity contribution in [1.82, 2.24) is 4.90 Å². The maximum absolute atomic E-state index is 12.4. The van der Waals surface area contributed by atoms with Gasteiger partial charge in [-0.25, -0.2) is 0 Å². The molecule has 1 fully saturated rings. The number of hydrogen-bond donors (Lipinski definition) is 1. The van der Waals surface area contributed by atoms with Gasteiger partial charge in [0.1, 0.15) is 0 Å². The highest BCUT2D eigenvalue weighted by Crippen LogP contribution is 2.37. The fraction of sp³-hybridized carbons (Fsp3) is 0.333. The van der Waals surface area contributed by atoms with Crippen LogP contribution >= 0.6 is 34.4 Å². The van der Waals surface area contributed by atoms with Gasteiger partial charge in [-0.2, -0.15) is 0 Å². The van der Waals surface area contributed by atoms with E-state index in [-0.39, 0.29) is 22.9 Å². The molecule has 1 N–H and O–H groups in total. The molecule has 118 valence electrons.